The fourth-order valence-electron chi connectivity index (χ4n) is 2.56. The van der Waals surface area contributed by atoms with Crippen LogP contribution in [0.1, 0.15) is 5.56 Å². The van der Waals surface area contributed by atoms with Gasteiger partial charge in [0.05, 0.1) is 11.3 Å². The molecule has 0 radical (unpaired) electrons. The summed E-state index contributed by atoms with van der Waals surface area (Å²) in [6, 6.07) is 7.78. The van der Waals surface area contributed by atoms with Gasteiger partial charge in [0.25, 0.3) is 0 Å². The van der Waals surface area contributed by atoms with Gasteiger partial charge in [0.15, 0.2) is 11.5 Å². The summed E-state index contributed by atoms with van der Waals surface area (Å²) in [6.07, 6.45) is 8.98. The average Bonchev–Trinajstić information content (AvgIpc) is 2.90. The highest BCUT2D eigenvalue weighted by Crippen LogP contribution is 2.29. The van der Waals surface area contributed by atoms with Crippen molar-refractivity contribution in [3.63, 3.8) is 0 Å². The molecule has 0 aliphatic carbocycles. The molecule has 0 saturated heterocycles. The highest BCUT2D eigenvalue weighted by molar-refractivity contribution is 5.84. The number of anilines is 1. The highest BCUT2D eigenvalue weighted by Gasteiger charge is 2.15. The Bertz CT molecular complexity index is 991. The first-order valence-electron chi connectivity index (χ1n) is 7.19. The topological polar surface area (TPSA) is 82.0 Å². The van der Waals surface area contributed by atoms with Crippen molar-refractivity contribution in [2.24, 2.45) is 0 Å². The van der Waals surface area contributed by atoms with Crippen LogP contribution in [0.15, 0.2) is 55.2 Å². The van der Waals surface area contributed by atoms with Gasteiger partial charge in [-0.25, -0.2) is 9.50 Å². The summed E-state index contributed by atoms with van der Waals surface area (Å²) in [7, 11) is 0. The lowest BCUT2D eigenvalue weighted by Gasteiger charge is -2.03. The minimum Gasteiger partial charge on any atom is -0.382 e. The summed E-state index contributed by atoms with van der Waals surface area (Å²) in [4.78, 5) is 13.0. The molecule has 112 valence electrons. The van der Waals surface area contributed by atoms with Crippen LogP contribution in [0.5, 0.6) is 0 Å². The maximum atomic E-state index is 6.10. The van der Waals surface area contributed by atoms with Gasteiger partial charge in [-0.2, -0.15) is 0 Å². The van der Waals surface area contributed by atoms with E-state index in [0.29, 0.717) is 11.5 Å². The van der Waals surface area contributed by atoms with Crippen LogP contribution in [0.25, 0.3) is 28.0 Å². The number of pyridine rings is 2. The van der Waals surface area contributed by atoms with E-state index in [2.05, 4.69) is 20.1 Å². The van der Waals surface area contributed by atoms with Crippen molar-refractivity contribution in [3.8, 4) is 22.4 Å². The van der Waals surface area contributed by atoms with Gasteiger partial charge in [0.2, 0.25) is 0 Å². The molecular weight excluding hydrogens is 288 g/mol. The van der Waals surface area contributed by atoms with E-state index in [0.717, 1.165) is 27.9 Å². The molecule has 2 N–H and O–H groups in total. The zero-order valence-electron chi connectivity index (χ0n) is 12.5. The third-order valence-electron chi connectivity index (χ3n) is 3.68. The maximum Gasteiger partial charge on any atom is 0.166 e. The van der Waals surface area contributed by atoms with Crippen molar-refractivity contribution in [1.29, 1.82) is 0 Å². The predicted molar refractivity (Wildman–Crippen MR) is 88.6 cm³/mol. The first kappa shape index (κ1) is 13.4. The molecule has 6 heteroatoms. The SMILES string of the molecule is Cc1ccnc(-c2c(N)nn3cc(-c4ccncc4)cnc23)c1. The molecule has 0 amide bonds. The molecular formula is C17H14N6. The Balaban J connectivity index is 1.90. The maximum absolute atomic E-state index is 6.10. The van der Waals surface area contributed by atoms with Crippen molar-refractivity contribution < 1.29 is 0 Å². The van der Waals surface area contributed by atoms with Gasteiger partial charge in [0, 0.05) is 36.5 Å². The lowest BCUT2D eigenvalue weighted by molar-refractivity contribution is 0.947. The molecule has 0 aliphatic heterocycles. The van der Waals surface area contributed by atoms with E-state index in [4.69, 9.17) is 5.73 Å². The smallest absolute Gasteiger partial charge is 0.166 e. The summed E-state index contributed by atoms with van der Waals surface area (Å²) >= 11 is 0. The molecule has 0 spiro atoms. The van der Waals surface area contributed by atoms with Gasteiger partial charge in [-0.05, 0) is 42.3 Å². The van der Waals surface area contributed by atoms with Gasteiger partial charge < -0.3 is 5.73 Å². The first-order chi connectivity index (χ1) is 11.2. The van der Waals surface area contributed by atoms with Crippen molar-refractivity contribution in [3.05, 3.63) is 60.8 Å². The first-order valence-corrected chi connectivity index (χ1v) is 7.19. The Hall–Kier alpha value is -3.28. The highest BCUT2D eigenvalue weighted by atomic mass is 15.3. The number of nitrogens with zero attached hydrogens (tertiary/aromatic N) is 5. The molecule has 6 nitrogen and oxygen atoms in total. The molecule has 0 aromatic carbocycles. The third-order valence-corrected chi connectivity index (χ3v) is 3.68. The van der Waals surface area contributed by atoms with Gasteiger partial charge in [0.1, 0.15) is 0 Å². The van der Waals surface area contributed by atoms with Crippen LogP contribution >= 0.6 is 0 Å². The molecule has 4 rings (SSSR count). The molecule has 0 fully saturated rings. The Labute approximate surface area is 132 Å². The normalized spacial score (nSPS) is 11.0. The lowest BCUT2D eigenvalue weighted by atomic mass is 10.1. The van der Waals surface area contributed by atoms with Gasteiger partial charge >= 0.3 is 0 Å². The molecule has 0 atom stereocenters. The van der Waals surface area contributed by atoms with Crippen LogP contribution in [0.4, 0.5) is 5.82 Å². The lowest BCUT2D eigenvalue weighted by Crippen LogP contribution is -1.92. The van der Waals surface area contributed by atoms with Crippen LogP contribution in [-0.2, 0) is 0 Å². The van der Waals surface area contributed by atoms with Crippen LogP contribution in [0.3, 0.4) is 0 Å². The Morgan fingerprint density at radius 1 is 1.00 bits per heavy atom. The fraction of sp³-hybridized carbons (Fsp3) is 0.0588. The molecule has 4 aromatic rings. The quantitative estimate of drug-likeness (QED) is 0.615. The molecule has 0 aliphatic rings. The van der Waals surface area contributed by atoms with Gasteiger partial charge in [-0.1, -0.05) is 0 Å². The number of nitrogens with two attached hydrogens (primary N) is 1. The van der Waals surface area contributed by atoms with E-state index >= 15 is 0 Å². The van der Waals surface area contributed by atoms with E-state index in [-0.39, 0.29) is 0 Å². The van der Waals surface area contributed by atoms with Crippen molar-refractivity contribution >= 4 is 11.5 Å². The molecule has 0 saturated carbocycles. The summed E-state index contributed by atoms with van der Waals surface area (Å²) in [5.74, 6) is 0.419. The van der Waals surface area contributed by atoms with E-state index in [1.807, 2.05) is 43.6 Å². The monoisotopic (exact) mass is 302 g/mol. The molecule has 4 aromatic heterocycles. The number of aromatic nitrogens is 5. The van der Waals surface area contributed by atoms with Crippen molar-refractivity contribution in [2.45, 2.75) is 6.92 Å². The van der Waals surface area contributed by atoms with E-state index < -0.39 is 0 Å². The van der Waals surface area contributed by atoms with Crippen LogP contribution in [0, 0.1) is 6.92 Å². The van der Waals surface area contributed by atoms with E-state index in [1.54, 1.807) is 23.1 Å². The van der Waals surface area contributed by atoms with Gasteiger partial charge in [-0.3, -0.25) is 9.97 Å². The van der Waals surface area contributed by atoms with Crippen LogP contribution < -0.4 is 5.73 Å². The fourth-order valence-corrected chi connectivity index (χ4v) is 2.56. The van der Waals surface area contributed by atoms with E-state index in [9.17, 15) is 0 Å². The second kappa shape index (κ2) is 5.17. The van der Waals surface area contributed by atoms with Crippen molar-refractivity contribution in [2.75, 3.05) is 5.73 Å². The summed E-state index contributed by atoms with van der Waals surface area (Å²) in [6.45, 7) is 2.02. The third kappa shape index (κ3) is 2.30. The second-order valence-corrected chi connectivity index (χ2v) is 5.33. The Morgan fingerprint density at radius 2 is 1.83 bits per heavy atom. The van der Waals surface area contributed by atoms with E-state index in [1.165, 1.54) is 0 Å². The second-order valence-electron chi connectivity index (χ2n) is 5.33. The standard InChI is InChI=1S/C17H14N6/c1-11-2-7-20-14(8-11)15-16(18)22-23-10-13(9-21-17(15)23)12-3-5-19-6-4-12/h2-10H,1H3,(H2,18,22). The molecule has 0 bridgehead atoms. The summed E-state index contributed by atoms with van der Waals surface area (Å²) in [5, 5.41) is 4.38. The van der Waals surface area contributed by atoms with Crippen LogP contribution in [-0.4, -0.2) is 24.6 Å². The number of fused-ring (bicyclic) bond motifs is 1. The largest absolute Gasteiger partial charge is 0.382 e. The minimum absolute atomic E-state index is 0.419. The minimum atomic E-state index is 0.419. The predicted octanol–water partition coefficient (Wildman–Crippen LogP) is 2.74. The zero-order valence-corrected chi connectivity index (χ0v) is 12.5. The average molecular weight is 302 g/mol. The molecule has 4 heterocycles. The number of nitrogen functional groups attached to an aromatic ring is 1. The molecule has 23 heavy (non-hydrogen) atoms. The number of hydrogen-bond acceptors (Lipinski definition) is 5. The summed E-state index contributed by atoms with van der Waals surface area (Å²) in [5.41, 5.74) is 11.4. The number of aryl methyl sites for hydroxylation is 1. The van der Waals surface area contributed by atoms with Crippen LogP contribution in [0.2, 0.25) is 0 Å². The summed E-state index contributed by atoms with van der Waals surface area (Å²) < 4.78 is 1.70. The number of hydrogen-bond donors (Lipinski definition) is 1. The Kier molecular flexibility index (Phi) is 3.01. The van der Waals surface area contributed by atoms with Crippen molar-refractivity contribution in [1.82, 2.24) is 24.6 Å². The zero-order chi connectivity index (χ0) is 15.8. The van der Waals surface area contributed by atoms with Gasteiger partial charge in [-0.15, -0.1) is 5.10 Å². The Morgan fingerprint density at radius 3 is 2.61 bits per heavy atom. The molecule has 0 unspecified atom stereocenters. The number of rotatable bonds is 2.